The van der Waals surface area contributed by atoms with Crippen molar-refractivity contribution in [1.29, 1.82) is 5.41 Å². The van der Waals surface area contributed by atoms with Crippen molar-refractivity contribution in [2.45, 2.75) is 19.3 Å². The van der Waals surface area contributed by atoms with Gasteiger partial charge in [0.25, 0.3) is 0 Å². The van der Waals surface area contributed by atoms with Crippen LogP contribution in [0.25, 0.3) is 0 Å². The number of aliphatic imine (C=N–C) groups is 1. The van der Waals surface area contributed by atoms with Crippen molar-refractivity contribution in [3.05, 3.63) is 39.9 Å². The molecule has 1 aromatic heterocycles. The van der Waals surface area contributed by atoms with Gasteiger partial charge in [0.15, 0.2) is 11.5 Å². The van der Waals surface area contributed by atoms with Crippen LogP contribution in [0.1, 0.15) is 24.2 Å². The average Bonchev–Trinajstić information content (AvgIpc) is 3.01. The van der Waals surface area contributed by atoms with E-state index in [2.05, 4.69) is 35.9 Å². The first-order chi connectivity index (χ1) is 11.5. The van der Waals surface area contributed by atoms with Gasteiger partial charge in [-0.1, -0.05) is 5.16 Å². The number of aliphatic hydroxyl groups is 1. The summed E-state index contributed by atoms with van der Waals surface area (Å²) in [5, 5.41) is 33.4. The molecule has 0 saturated heterocycles. The summed E-state index contributed by atoms with van der Waals surface area (Å²) in [6.07, 6.45) is 1.03. The maximum atomic E-state index is 13.3. The van der Waals surface area contributed by atoms with Crippen LogP contribution in [0.4, 0.5) is 10.1 Å². The lowest BCUT2D eigenvalue weighted by molar-refractivity contribution is 0.234. The predicted octanol–water partition coefficient (Wildman–Crippen LogP) is 2.36. The molecule has 8 nitrogen and oxygen atoms in total. The number of hydrogen-bond donors (Lipinski definition) is 4. The van der Waals surface area contributed by atoms with E-state index in [0.717, 1.165) is 0 Å². The molecule has 128 valence electrons. The van der Waals surface area contributed by atoms with E-state index >= 15 is 0 Å². The number of benzene rings is 1. The van der Waals surface area contributed by atoms with Gasteiger partial charge in [-0.3, -0.25) is 10.7 Å². The highest BCUT2D eigenvalue weighted by molar-refractivity contribution is 9.10. The monoisotopic (exact) mass is 399 g/mol. The number of hydroxylamine groups is 1. The van der Waals surface area contributed by atoms with Crippen LogP contribution < -0.4 is 5.48 Å². The fourth-order valence-electron chi connectivity index (χ4n) is 1.90. The molecule has 24 heavy (non-hydrogen) atoms. The molecule has 1 aromatic carbocycles. The largest absolute Gasteiger partial charge is 0.396 e. The minimum absolute atomic E-state index is 0.00332. The molecule has 0 fully saturated rings. The van der Waals surface area contributed by atoms with Gasteiger partial charge in [0.2, 0.25) is 0 Å². The number of halogens is 2. The summed E-state index contributed by atoms with van der Waals surface area (Å²) in [5.41, 5.74) is 3.08. The first-order valence-corrected chi connectivity index (χ1v) is 7.77. The van der Waals surface area contributed by atoms with Crippen LogP contribution in [0, 0.1) is 11.2 Å². The Morgan fingerprint density at radius 1 is 1.42 bits per heavy atom. The molecule has 2 aromatic rings. The van der Waals surface area contributed by atoms with E-state index in [9.17, 15) is 9.60 Å². The standard InChI is InChI=1S/C14H15BrFN5O3/c15-10-7-9(3-4-11(10)16)18-14(19-23)13-12(20-24-21-13)6-8(17)2-1-5-22/h3-4,7,17,22-23H,1-2,5-6H2,(H,18,19). The summed E-state index contributed by atoms with van der Waals surface area (Å²) in [5.74, 6) is -0.478. The van der Waals surface area contributed by atoms with Crippen LogP contribution >= 0.6 is 15.9 Å². The molecule has 0 unspecified atom stereocenters. The predicted molar refractivity (Wildman–Crippen MR) is 87.3 cm³/mol. The highest BCUT2D eigenvalue weighted by Crippen LogP contribution is 2.22. The average molecular weight is 400 g/mol. The van der Waals surface area contributed by atoms with Crippen molar-refractivity contribution >= 4 is 33.2 Å². The van der Waals surface area contributed by atoms with Gasteiger partial charge < -0.3 is 10.5 Å². The molecule has 10 heteroatoms. The zero-order chi connectivity index (χ0) is 17.5. The second-order valence-electron chi connectivity index (χ2n) is 4.84. The van der Waals surface area contributed by atoms with E-state index in [4.69, 9.17) is 10.5 Å². The Balaban J connectivity index is 2.24. The Kier molecular flexibility index (Phi) is 6.53. The minimum atomic E-state index is -0.436. The molecule has 0 aliphatic heterocycles. The molecular formula is C14H15BrFN5O3. The Bertz CT molecular complexity index is 750. The summed E-state index contributed by atoms with van der Waals surface area (Å²) >= 11 is 3.06. The summed E-state index contributed by atoms with van der Waals surface area (Å²) in [6, 6.07) is 4.08. The van der Waals surface area contributed by atoms with Gasteiger partial charge in [0.05, 0.1) is 10.2 Å². The third kappa shape index (κ3) is 4.66. The minimum Gasteiger partial charge on any atom is -0.396 e. The van der Waals surface area contributed by atoms with Crippen LogP contribution in [0.5, 0.6) is 0 Å². The zero-order valence-electron chi connectivity index (χ0n) is 12.5. The van der Waals surface area contributed by atoms with Gasteiger partial charge in [0, 0.05) is 18.7 Å². The molecule has 0 saturated carbocycles. The number of aromatic nitrogens is 2. The zero-order valence-corrected chi connectivity index (χ0v) is 14.0. The van der Waals surface area contributed by atoms with E-state index in [1.54, 1.807) is 0 Å². The van der Waals surface area contributed by atoms with E-state index in [-0.39, 0.29) is 29.0 Å². The van der Waals surface area contributed by atoms with Gasteiger partial charge in [-0.15, -0.1) is 0 Å². The summed E-state index contributed by atoms with van der Waals surface area (Å²) < 4.78 is 18.2. The lowest BCUT2D eigenvalue weighted by Crippen LogP contribution is -2.22. The lowest BCUT2D eigenvalue weighted by atomic mass is 10.1. The maximum Gasteiger partial charge on any atom is 0.182 e. The molecule has 1 heterocycles. The number of nitrogens with zero attached hydrogens (tertiary/aromatic N) is 3. The fraction of sp³-hybridized carbons (Fsp3) is 0.286. The molecule has 0 aliphatic carbocycles. The molecule has 4 N–H and O–H groups in total. The molecular weight excluding hydrogens is 385 g/mol. The first-order valence-electron chi connectivity index (χ1n) is 6.98. The van der Waals surface area contributed by atoms with Gasteiger partial charge in [0.1, 0.15) is 11.5 Å². The number of rotatable bonds is 7. The molecule has 0 bridgehead atoms. The number of nitrogens with one attached hydrogen (secondary N) is 2. The van der Waals surface area contributed by atoms with E-state index < -0.39 is 5.82 Å². The van der Waals surface area contributed by atoms with Gasteiger partial charge in [-0.2, -0.15) is 0 Å². The number of hydrogen-bond acceptors (Lipinski definition) is 7. The van der Waals surface area contributed by atoms with Gasteiger partial charge >= 0.3 is 0 Å². The number of aliphatic hydroxyl groups excluding tert-OH is 1. The Morgan fingerprint density at radius 2 is 2.21 bits per heavy atom. The lowest BCUT2D eigenvalue weighted by Gasteiger charge is -2.04. The fourth-order valence-corrected chi connectivity index (χ4v) is 2.27. The summed E-state index contributed by atoms with van der Waals surface area (Å²) in [6.45, 7) is -0.00332. The van der Waals surface area contributed by atoms with Crippen LogP contribution in [0.2, 0.25) is 0 Å². The molecule has 0 spiro atoms. The summed E-state index contributed by atoms with van der Waals surface area (Å²) in [4.78, 5) is 4.14. The Hall–Kier alpha value is -2.17. The molecule has 0 aliphatic rings. The van der Waals surface area contributed by atoms with Crippen LogP contribution in [0.15, 0.2) is 32.3 Å². The Morgan fingerprint density at radius 3 is 2.88 bits per heavy atom. The normalized spacial score (nSPS) is 11.6. The van der Waals surface area contributed by atoms with Crippen molar-refractivity contribution < 1.29 is 19.3 Å². The second kappa shape index (κ2) is 8.62. The molecule has 0 radical (unpaired) electrons. The topological polar surface area (TPSA) is 128 Å². The Labute approximate surface area is 145 Å². The smallest absolute Gasteiger partial charge is 0.182 e. The molecule has 0 amide bonds. The highest BCUT2D eigenvalue weighted by Gasteiger charge is 2.18. The van der Waals surface area contributed by atoms with Crippen LogP contribution in [-0.4, -0.2) is 38.8 Å². The van der Waals surface area contributed by atoms with Crippen molar-refractivity contribution in [2.24, 2.45) is 4.99 Å². The molecule has 2 rings (SSSR count). The first kappa shape index (κ1) is 18.2. The van der Waals surface area contributed by atoms with Gasteiger partial charge in [-0.05, 0) is 52.1 Å². The van der Waals surface area contributed by atoms with E-state index in [1.165, 1.54) is 18.2 Å². The van der Waals surface area contributed by atoms with Crippen LogP contribution in [-0.2, 0) is 6.42 Å². The van der Waals surface area contributed by atoms with Crippen LogP contribution in [0.3, 0.4) is 0 Å². The van der Waals surface area contributed by atoms with Gasteiger partial charge in [-0.25, -0.2) is 14.0 Å². The SMILES string of the molecule is N=C(CCCO)Cc1nonc1C(=Nc1ccc(F)c(Br)c1)NO. The quantitative estimate of drug-likeness (QED) is 0.321. The van der Waals surface area contributed by atoms with Crippen molar-refractivity contribution in [3.8, 4) is 0 Å². The number of amidine groups is 1. The van der Waals surface area contributed by atoms with Crippen molar-refractivity contribution in [2.75, 3.05) is 6.61 Å². The van der Waals surface area contributed by atoms with E-state index in [0.29, 0.717) is 29.9 Å². The maximum absolute atomic E-state index is 13.3. The third-order valence-corrected chi connectivity index (χ3v) is 3.66. The second-order valence-corrected chi connectivity index (χ2v) is 5.69. The van der Waals surface area contributed by atoms with Crippen molar-refractivity contribution in [3.63, 3.8) is 0 Å². The summed E-state index contributed by atoms with van der Waals surface area (Å²) in [7, 11) is 0. The highest BCUT2D eigenvalue weighted by atomic mass is 79.9. The third-order valence-electron chi connectivity index (χ3n) is 3.05. The van der Waals surface area contributed by atoms with Crippen molar-refractivity contribution in [1.82, 2.24) is 15.8 Å². The van der Waals surface area contributed by atoms with E-state index in [1.807, 2.05) is 5.48 Å². The molecule has 0 atom stereocenters.